The highest BCUT2D eigenvalue weighted by atomic mass is 32.1. The molecule has 0 aromatic heterocycles. The Balaban J connectivity index is 3.08. The van der Waals surface area contributed by atoms with E-state index >= 15 is 0 Å². The van der Waals surface area contributed by atoms with Gasteiger partial charge in [-0.1, -0.05) is 12.6 Å². The summed E-state index contributed by atoms with van der Waals surface area (Å²) in [6.45, 7) is 2.38. The van der Waals surface area contributed by atoms with Crippen LogP contribution in [-0.2, 0) is 6.54 Å². The maximum atomic E-state index is 11.1. The molecule has 0 fully saturated rings. The Bertz CT molecular complexity index is 420. The summed E-state index contributed by atoms with van der Waals surface area (Å²) in [6, 6.07) is 3.75. The van der Waals surface area contributed by atoms with Gasteiger partial charge in [-0.3, -0.25) is 4.79 Å². The van der Waals surface area contributed by atoms with Gasteiger partial charge in [0.15, 0.2) is 0 Å². The Morgan fingerprint density at radius 2 is 2.00 bits per heavy atom. The lowest BCUT2D eigenvalue weighted by Crippen LogP contribution is -2.20. The third-order valence-corrected chi connectivity index (χ3v) is 2.94. The number of rotatable bonds is 4. The molecule has 0 heterocycles. The molecule has 4 nitrogen and oxygen atoms in total. The van der Waals surface area contributed by atoms with Crippen molar-refractivity contribution in [2.45, 2.75) is 13.5 Å². The molecule has 94 valence electrons. The van der Waals surface area contributed by atoms with Gasteiger partial charge in [0.2, 0.25) is 0 Å². The Morgan fingerprint density at radius 3 is 2.47 bits per heavy atom. The van der Waals surface area contributed by atoms with Crippen LogP contribution in [0.15, 0.2) is 12.1 Å². The van der Waals surface area contributed by atoms with Crippen LogP contribution in [0.4, 0.5) is 4.79 Å². The van der Waals surface area contributed by atoms with Crippen molar-refractivity contribution >= 4 is 17.9 Å². The number of ether oxygens (including phenoxy) is 2. The molecule has 0 saturated heterocycles. The fourth-order valence-electron chi connectivity index (χ4n) is 1.68. The molecule has 0 aliphatic rings. The first-order valence-electron chi connectivity index (χ1n) is 5.15. The van der Waals surface area contributed by atoms with Crippen LogP contribution >= 0.6 is 12.6 Å². The molecule has 1 amide bonds. The number of benzene rings is 1. The summed E-state index contributed by atoms with van der Waals surface area (Å²) in [5.41, 5.74) is 1.85. The van der Waals surface area contributed by atoms with Crippen molar-refractivity contribution in [3.8, 4) is 11.5 Å². The number of thiol groups is 1. The van der Waals surface area contributed by atoms with Crippen molar-refractivity contribution in [1.29, 1.82) is 0 Å². The van der Waals surface area contributed by atoms with Crippen LogP contribution in [0, 0.1) is 6.92 Å². The fraction of sp³-hybridized carbons (Fsp3) is 0.417. The summed E-state index contributed by atoms with van der Waals surface area (Å²) < 4.78 is 10.6. The van der Waals surface area contributed by atoms with Crippen LogP contribution in [0.1, 0.15) is 11.1 Å². The number of nitrogens with zero attached hydrogens (tertiary/aromatic N) is 1. The van der Waals surface area contributed by atoms with Crippen molar-refractivity contribution in [3.63, 3.8) is 0 Å². The molecule has 0 N–H and O–H groups in total. The normalized spacial score (nSPS) is 9.94. The summed E-state index contributed by atoms with van der Waals surface area (Å²) >= 11 is 3.77. The fourth-order valence-corrected chi connectivity index (χ4v) is 1.75. The van der Waals surface area contributed by atoms with Crippen LogP contribution in [0.3, 0.4) is 0 Å². The smallest absolute Gasteiger partial charge is 0.278 e. The Hall–Kier alpha value is -1.36. The molecule has 1 aromatic rings. The molecular formula is C12H17NO3S. The maximum absolute atomic E-state index is 11.1. The van der Waals surface area contributed by atoms with Gasteiger partial charge in [-0.15, -0.1) is 0 Å². The van der Waals surface area contributed by atoms with Crippen LogP contribution in [0.25, 0.3) is 0 Å². The molecule has 0 radical (unpaired) electrons. The molecule has 1 aromatic carbocycles. The second-order valence-corrected chi connectivity index (χ2v) is 4.11. The van der Waals surface area contributed by atoms with E-state index < -0.39 is 0 Å². The number of amides is 1. The molecule has 0 aliphatic heterocycles. The van der Waals surface area contributed by atoms with Gasteiger partial charge in [0.25, 0.3) is 5.24 Å². The molecule has 17 heavy (non-hydrogen) atoms. The van der Waals surface area contributed by atoms with Crippen molar-refractivity contribution in [2.24, 2.45) is 0 Å². The van der Waals surface area contributed by atoms with Gasteiger partial charge >= 0.3 is 0 Å². The molecule has 0 bridgehead atoms. The molecule has 0 saturated carbocycles. The summed E-state index contributed by atoms with van der Waals surface area (Å²) in [5.74, 6) is 1.51. The van der Waals surface area contributed by atoms with Crippen LogP contribution < -0.4 is 9.47 Å². The Morgan fingerprint density at radius 1 is 1.35 bits per heavy atom. The highest BCUT2D eigenvalue weighted by Gasteiger charge is 2.13. The molecule has 0 unspecified atom stereocenters. The van der Waals surface area contributed by atoms with Crippen molar-refractivity contribution in [2.75, 3.05) is 21.3 Å². The lowest BCUT2D eigenvalue weighted by Gasteiger charge is -2.18. The van der Waals surface area contributed by atoms with Gasteiger partial charge in [0.1, 0.15) is 11.5 Å². The Labute approximate surface area is 107 Å². The van der Waals surface area contributed by atoms with Crippen molar-refractivity contribution in [1.82, 2.24) is 4.90 Å². The van der Waals surface area contributed by atoms with Gasteiger partial charge < -0.3 is 14.4 Å². The van der Waals surface area contributed by atoms with Gasteiger partial charge in [0, 0.05) is 24.7 Å². The predicted molar refractivity (Wildman–Crippen MR) is 70.1 cm³/mol. The number of carbonyl (C=O) groups excluding carboxylic acids is 1. The first-order chi connectivity index (χ1) is 8.01. The number of carbonyl (C=O) groups is 1. The minimum Gasteiger partial charge on any atom is -0.496 e. The van der Waals surface area contributed by atoms with Gasteiger partial charge in [-0.2, -0.15) is 0 Å². The van der Waals surface area contributed by atoms with E-state index in [9.17, 15) is 4.79 Å². The monoisotopic (exact) mass is 255 g/mol. The zero-order chi connectivity index (χ0) is 13.0. The highest BCUT2D eigenvalue weighted by molar-refractivity contribution is 7.96. The predicted octanol–water partition coefficient (Wildman–Crippen LogP) is 2.49. The number of hydrogen-bond acceptors (Lipinski definition) is 3. The largest absolute Gasteiger partial charge is 0.496 e. The van der Waals surface area contributed by atoms with E-state index in [1.165, 1.54) is 4.90 Å². The number of methoxy groups -OCH3 is 2. The van der Waals surface area contributed by atoms with Gasteiger partial charge in [-0.25, -0.2) is 0 Å². The minimum atomic E-state index is -0.277. The summed E-state index contributed by atoms with van der Waals surface area (Å²) in [7, 11) is 4.91. The van der Waals surface area contributed by atoms with Crippen LogP contribution in [0.5, 0.6) is 11.5 Å². The lowest BCUT2D eigenvalue weighted by atomic mass is 10.1. The lowest BCUT2D eigenvalue weighted by molar-refractivity contribution is 0.231. The van der Waals surface area contributed by atoms with Gasteiger partial charge in [-0.05, 0) is 19.1 Å². The standard InChI is InChI=1S/C12H17NO3S/c1-8-10(15-3)6-5-9(11(8)16-4)7-13(2)12(14)17/h5-6H,7H2,1-4H3,(H,14,17). The third-order valence-electron chi connectivity index (χ3n) is 2.60. The molecule has 5 heteroatoms. The first-order valence-corrected chi connectivity index (χ1v) is 5.60. The van der Waals surface area contributed by atoms with E-state index in [4.69, 9.17) is 9.47 Å². The Kier molecular flexibility index (Phi) is 4.69. The molecular weight excluding hydrogens is 238 g/mol. The van der Waals surface area contributed by atoms with Gasteiger partial charge in [0.05, 0.1) is 14.2 Å². The summed E-state index contributed by atoms with van der Waals surface area (Å²) in [4.78, 5) is 12.6. The average molecular weight is 255 g/mol. The molecule has 0 atom stereocenters. The van der Waals surface area contributed by atoms with Crippen LogP contribution in [-0.4, -0.2) is 31.4 Å². The maximum Gasteiger partial charge on any atom is 0.278 e. The van der Waals surface area contributed by atoms with E-state index in [1.54, 1.807) is 21.3 Å². The first kappa shape index (κ1) is 13.7. The summed E-state index contributed by atoms with van der Waals surface area (Å²) in [6.07, 6.45) is 0. The molecule has 0 aliphatic carbocycles. The third kappa shape index (κ3) is 3.06. The molecule has 0 spiro atoms. The molecule has 1 rings (SSSR count). The van der Waals surface area contributed by atoms with Crippen LogP contribution in [0.2, 0.25) is 0 Å². The van der Waals surface area contributed by atoms with Crippen molar-refractivity contribution in [3.05, 3.63) is 23.3 Å². The average Bonchev–Trinajstić information content (AvgIpc) is 2.29. The topological polar surface area (TPSA) is 38.8 Å². The zero-order valence-electron chi connectivity index (χ0n) is 10.5. The number of hydrogen-bond donors (Lipinski definition) is 1. The SMILES string of the molecule is COc1ccc(CN(C)C(=O)S)c(OC)c1C. The minimum absolute atomic E-state index is 0.277. The zero-order valence-corrected chi connectivity index (χ0v) is 11.4. The van der Waals surface area contributed by atoms with E-state index in [2.05, 4.69) is 12.6 Å². The van der Waals surface area contributed by atoms with E-state index in [0.717, 1.165) is 22.6 Å². The highest BCUT2D eigenvalue weighted by Crippen LogP contribution is 2.31. The van der Waals surface area contributed by atoms with E-state index in [-0.39, 0.29) is 5.24 Å². The van der Waals surface area contributed by atoms with Crippen molar-refractivity contribution < 1.29 is 14.3 Å². The second kappa shape index (κ2) is 5.82. The quantitative estimate of drug-likeness (QED) is 0.840. The van der Waals surface area contributed by atoms with E-state index in [0.29, 0.717) is 6.54 Å². The van der Waals surface area contributed by atoms with E-state index in [1.807, 2.05) is 19.1 Å². The second-order valence-electron chi connectivity index (χ2n) is 3.72. The summed E-state index contributed by atoms with van der Waals surface area (Å²) in [5, 5.41) is -0.277.